The zero-order chi connectivity index (χ0) is 12.2. The van der Waals surface area contributed by atoms with Gasteiger partial charge in [-0.2, -0.15) is 0 Å². The lowest BCUT2D eigenvalue weighted by Crippen LogP contribution is -2.02. The first-order chi connectivity index (χ1) is 7.50. The molecule has 0 saturated heterocycles. The molecule has 7 heteroatoms. The fourth-order valence-corrected chi connectivity index (χ4v) is 1.92. The highest BCUT2D eigenvalue weighted by Crippen LogP contribution is 2.45. The summed E-state index contributed by atoms with van der Waals surface area (Å²) in [5, 5.41) is 26.6. The Labute approximate surface area is 97.4 Å². The predicted molar refractivity (Wildman–Crippen MR) is 62.5 cm³/mol. The van der Waals surface area contributed by atoms with Gasteiger partial charge in [0, 0.05) is 0 Å². The Balaban J connectivity index is 2.83. The Morgan fingerprint density at radius 2 is 1.75 bits per heavy atom. The molecule has 0 heterocycles. The smallest absolute Gasteiger partial charge is 0.335 e. The molecule has 0 spiro atoms. The Morgan fingerprint density at radius 3 is 2.12 bits per heavy atom. The van der Waals surface area contributed by atoms with Crippen molar-refractivity contribution in [3.05, 3.63) is 29.8 Å². The first-order valence-electron chi connectivity index (χ1n) is 4.33. The summed E-state index contributed by atoms with van der Waals surface area (Å²) in [5.41, 5.74) is 0.133. The molecule has 0 aliphatic rings. The SMILES string of the molecule is O=C(O)c1ccc(OP(=S)(CO)CO)cc1. The molecule has 88 valence electrons. The molecular formula is C9H11O5PS. The van der Waals surface area contributed by atoms with Crippen molar-refractivity contribution in [1.29, 1.82) is 0 Å². The van der Waals surface area contributed by atoms with Crippen LogP contribution in [-0.2, 0) is 11.8 Å². The number of aliphatic hydroxyl groups excluding tert-OH is 2. The number of carboxylic acid groups (broad SMARTS) is 1. The van der Waals surface area contributed by atoms with Crippen molar-refractivity contribution in [3.8, 4) is 5.75 Å². The average molecular weight is 262 g/mol. The average Bonchev–Trinajstić information content (AvgIpc) is 2.29. The lowest BCUT2D eigenvalue weighted by Gasteiger charge is -2.18. The van der Waals surface area contributed by atoms with Crippen molar-refractivity contribution in [1.82, 2.24) is 0 Å². The van der Waals surface area contributed by atoms with E-state index in [9.17, 15) is 4.79 Å². The second-order valence-corrected chi connectivity index (χ2v) is 7.39. The number of carboxylic acids is 1. The number of benzene rings is 1. The summed E-state index contributed by atoms with van der Waals surface area (Å²) < 4.78 is 5.27. The molecule has 0 unspecified atom stereocenters. The van der Waals surface area contributed by atoms with Gasteiger partial charge in [-0.1, -0.05) is 0 Å². The van der Waals surface area contributed by atoms with Crippen LogP contribution in [0.15, 0.2) is 24.3 Å². The summed E-state index contributed by atoms with van der Waals surface area (Å²) in [7, 11) is 0. The van der Waals surface area contributed by atoms with Gasteiger partial charge in [-0.25, -0.2) is 4.79 Å². The van der Waals surface area contributed by atoms with Crippen LogP contribution >= 0.6 is 6.26 Å². The third-order valence-electron chi connectivity index (χ3n) is 1.80. The van der Waals surface area contributed by atoms with Crippen LogP contribution < -0.4 is 4.52 Å². The maximum absolute atomic E-state index is 10.6. The van der Waals surface area contributed by atoms with E-state index in [0.29, 0.717) is 5.75 Å². The van der Waals surface area contributed by atoms with Crippen LogP contribution in [0.1, 0.15) is 10.4 Å². The summed E-state index contributed by atoms with van der Waals surface area (Å²) >= 11 is 4.94. The van der Waals surface area contributed by atoms with Gasteiger partial charge in [0.15, 0.2) is 6.26 Å². The summed E-state index contributed by atoms with van der Waals surface area (Å²) in [5.74, 6) is -0.688. The van der Waals surface area contributed by atoms with Gasteiger partial charge >= 0.3 is 5.97 Å². The van der Waals surface area contributed by atoms with Crippen molar-refractivity contribution in [2.24, 2.45) is 0 Å². The molecule has 0 bridgehead atoms. The molecular weight excluding hydrogens is 251 g/mol. The van der Waals surface area contributed by atoms with Crippen LogP contribution in [0.3, 0.4) is 0 Å². The fourth-order valence-electron chi connectivity index (χ4n) is 0.953. The summed E-state index contributed by atoms with van der Waals surface area (Å²) in [6, 6.07) is 5.61. The van der Waals surface area contributed by atoms with Gasteiger partial charge in [-0.05, 0) is 36.1 Å². The van der Waals surface area contributed by atoms with E-state index in [1.54, 1.807) is 0 Å². The number of aliphatic hydroxyl groups is 2. The highest BCUT2D eigenvalue weighted by atomic mass is 32.4. The Kier molecular flexibility index (Phi) is 4.44. The van der Waals surface area contributed by atoms with E-state index in [1.807, 2.05) is 0 Å². The van der Waals surface area contributed by atoms with Gasteiger partial charge < -0.3 is 19.8 Å². The molecule has 0 fully saturated rings. The molecule has 1 rings (SSSR count). The van der Waals surface area contributed by atoms with Gasteiger partial charge in [0.05, 0.1) is 5.56 Å². The van der Waals surface area contributed by atoms with Gasteiger partial charge in [0.2, 0.25) is 0 Å². The molecule has 0 amide bonds. The topological polar surface area (TPSA) is 87.0 Å². The van der Waals surface area contributed by atoms with E-state index in [2.05, 4.69) is 0 Å². The second-order valence-electron chi connectivity index (χ2n) is 3.02. The number of hydrogen-bond donors (Lipinski definition) is 3. The molecule has 0 saturated carbocycles. The maximum Gasteiger partial charge on any atom is 0.335 e. The van der Waals surface area contributed by atoms with Gasteiger partial charge in [-0.15, -0.1) is 0 Å². The minimum Gasteiger partial charge on any atom is -0.478 e. The third kappa shape index (κ3) is 3.28. The molecule has 16 heavy (non-hydrogen) atoms. The molecule has 5 nitrogen and oxygen atoms in total. The fraction of sp³-hybridized carbons (Fsp3) is 0.222. The molecule has 1 aromatic rings. The molecule has 0 aliphatic carbocycles. The van der Waals surface area contributed by atoms with Crippen LogP contribution in [0, 0.1) is 0 Å². The number of aromatic carboxylic acids is 1. The Bertz CT molecular complexity index is 408. The highest BCUT2D eigenvalue weighted by Gasteiger charge is 2.16. The van der Waals surface area contributed by atoms with Crippen LogP contribution in [0.25, 0.3) is 0 Å². The van der Waals surface area contributed by atoms with Gasteiger partial charge in [-0.3, -0.25) is 0 Å². The normalized spacial score (nSPS) is 11.1. The van der Waals surface area contributed by atoms with E-state index in [0.717, 1.165) is 0 Å². The van der Waals surface area contributed by atoms with Crippen LogP contribution in [0.4, 0.5) is 0 Å². The van der Waals surface area contributed by atoms with E-state index in [1.165, 1.54) is 24.3 Å². The van der Waals surface area contributed by atoms with Gasteiger partial charge in [0.1, 0.15) is 18.4 Å². The highest BCUT2D eigenvalue weighted by molar-refractivity contribution is 8.12. The lowest BCUT2D eigenvalue weighted by atomic mass is 10.2. The monoisotopic (exact) mass is 262 g/mol. The summed E-state index contributed by atoms with van der Waals surface area (Å²) in [6.45, 7) is 0. The predicted octanol–water partition coefficient (Wildman–Crippen LogP) is 1.06. The van der Waals surface area contributed by atoms with Crippen LogP contribution in [0.5, 0.6) is 5.75 Å². The van der Waals surface area contributed by atoms with Crippen molar-refractivity contribution in [2.45, 2.75) is 0 Å². The van der Waals surface area contributed by atoms with Crippen LogP contribution in [0.2, 0.25) is 0 Å². The Morgan fingerprint density at radius 1 is 1.25 bits per heavy atom. The van der Waals surface area contributed by atoms with Crippen LogP contribution in [-0.4, -0.2) is 34.0 Å². The van der Waals surface area contributed by atoms with Gasteiger partial charge in [0.25, 0.3) is 0 Å². The molecule has 0 aromatic heterocycles. The first kappa shape index (κ1) is 13.1. The molecule has 0 radical (unpaired) electrons. The van der Waals surface area contributed by atoms with E-state index in [-0.39, 0.29) is 5.56 Å². The number of carbonyl (C=O) groups is 1. The zero-order valence-corrected chi connectivity index (χ0v) is 9.95. The lowest BCUT2D eigenvalue weighted by molar-refractivity contribution is 0.0697. The van der Waals surface area contributed by atoms with Crippen molar-refractivity contribution in [2.75, 3.05) is 12.7 Å². The summed E-state index contributed by atoms with van der Waals surface area (Å²) in [6.07, 6.45) is -3.45. The molecule has 3 N–H and O–H groups in total. The van der Waals surface area contributed by atoms with Crippen molar-refractivity contribution in [3.63, 3.8) is 0 Å². The van der Waals surface area contributed by atoms with Crippen molar-refractivity contribution < 1.29 is 24.6 Å². The largest absolute Gasteiger partial charge is 0.478 e. The molecule has 0 aliphatic heterocycles. The molecule has 0 atom stereocenters. The molecule has 1 aromatic carbocycles. The standard InChI is InChI=1S/C9H11O5PS/c10-5-15(16,6-11)14-8-3-1-7(2-4-8)9(12)13/h1-4,10-11H,5-6H2,(H,12,13). The zero-order valence-electron chi connectivity index (χ0n) is 8.24. The Hall–Kier alpha value is -0.940. The summed E-state index contributed by atoms with van der Waals surface area (Å²) in [4.78, 5) is 10.6. The maximum atomic E-state index is 10.6. The minimum absolute atomic E-state index is 0.133. The number of rotatable bonds is 5. The second kappa shape index (κ2) is 5.41. The van der Waals surface area contributed by atoms with Crippen molar-refractivity contribution >= 4 is 24.0 Å². The van der Waals surface area contributed by atoms with E-state index >= 15 is 0 Å². The minimum atomic E-state index is -2.64. The first-order valence-corrected chi connectivity index (χ1v) is 7.42. The van der Waals surface area contributed by atoms with E-state index < -0.39 is 24.9 Å². The number of hydrogen-bond acceptors (Lipinski definition) is 5. The van der Waals surface area contributed by atoms with E-state index in [4.69, 9.17) is 31.7 Å². The quantitative estimate of drug-likeness (QED) is 0.688. The third-order valence-corrected chi connectivity index (χ3v) is 4.13.